The summed E-state index contributed by atoms with van der Waals surface area (Å²) >= 11 is 6.53. The highest BCUT2D eigenvalue weighted by molar-refractivity contribution is 6.39. The highest BCUT2D eigenvalue weighted by Gasteiger charge is 2.37. The number of benzene rings is 3. The molecule has 0 aliphatic carbocycles. The van der Waals surface area contributed by atoms with Crippen molar-refractivity contribution in [3.63, 3.8) is 0 Å². The first kappa shape index (κ1) is 26.0. The van der Waals surface area contributed by atoms with Gasteiger partial charge in [0.1, 0.15) is 12.2 Å². The zero-order valence-corrected chi connectivity index (χ0v) is 22.0. The molecule has 37 heavy (non-hydrogen) atoms. The minimum Gasteiger partial charge on any atom is -0.493 e. The van der Waals surface area contributed by atoms with Gasteiger partial charge in [0.2, 0.25) is 0 Å². The van der Waals surface area contributed by atoms with Crippen molar-refractivity contribution < 1.29 is 23.9 Å². The fourth-order valence-corrected chi connectivity index (χ4v) is 4.64. The number of hydrogen-bond donors (Lipinski definition) is 1. The molecule has 3 aromatic carbocycles. The number of urea groups is 1. The molecule has 8 heteroatoms. The molecular formula is C29H27ClN2O5. The van der Waals surface area contributed by atoms with Crippen LogP contribution in [-0.2, 0) is 16.2 Å². The van der Waals surface area contributed by atoms with Crippen LogP contribution in [0.1, 0.15) is 33.4 Å². The number of rotatable bonds is 6. The fraction of sp³-hybridized carbons (Fsp3) is 0.207. The van der Waals surface area contributed by atoms with E-state index in [4.69, 9.17) is 21.1 Å². The third kappa shape index (κ3) is 5.52. The van der Waals surface area contributed by atoms with E-state index in [9.17, 15) is 14.4 Å². The zero-order valence-electron chi connectivity index (χ0n) is 21.3. The number of hydrogen-bond acceptors (Lipinski definition) is 5. The van der Waals surface area contributed by atoms with Crippen LogP contribution in [0.5, 0.6) is 11.5 Å². The van der Waals surface area contributed by atoms with E-state index in [0.29, 0.717) is 22.7 Å². The molecular weight excluding hydrogens is 492 g/mol. The maximum atomic E-state index is 13.3. The second-order valence-electron chi connectivity index (χ2n) is 9.07. The average molecular weight is 519 g/mol. The lowest BCUT2D eigenvalue weighted by atomic mass is 10.0. The monoisotopic (exact) mass is 518 g/mol. The maximum absolute atomic E-state index is 13.3. The van der Waals surface area contributed by atoms with Gasteiger partial charge < -0.3 is 9.47 Å². The van der Waals surface area contributed by atoms with Crippen LogP contribution < -0.4 is 19.7 Å². The lowest BCUT2D eigenvalue weighted by Gasteiger charge is -2.27. The maximum Gasteiger partial charge on any atom is 0.335 e. The van der Waals surface area contributed by atoms with Crippen molar-refractivity contribution in [2.45, 2.75) is 34.3 Å². The summed E-state index contributed by atoms with van der Waals surface area (Å²) in [5, 5.41) is 2.49. The van der Waals surface area contributed by atoms with E-state index in [-0.39, 0.29) is 17.2 Å². The van der Waals surface area contributed by atoms with Crippen LogP contribution in [0.3, 0.4) is 0 Å². The molecule has 0 bridgehead atoms. The molecule has 0 radical (unpaired) electrons. The van der Waals surface area contributed by atoms with Gasteiger partial charge >= 0.3 is 6.03 Å². The van der Waals surface area contributed by atoms with Gasteiger partial charge in [-0.15, -0.1) is 0 Å². The van der Waals surface area contributed by atoms with Crippen molar-refractivity contribution in [3.8, 4) is 11.5 Å². The zero-order chi connectivity index (χ0) is 26.9. The standard InChI is InChI=1S/C29H27ClN2O5/c1-16-6-7-24(19(4)9-16)32-28(34)22(27(33)31-29(32)35)12-20-13-23(30)26(25(14-20)36-5)37-15-21-10-17(2)8-18(3)11-21/h6-14H,15H2,1-5H3,(H,31,33,35)/b22-12+. The molecule has 0 atom stereocenters. The van der Waals surface area contributed by atoms with Crippen LogP contribution in [0, 0.1) is 27.7 Å². The fourth-order valence-electron chi connectivity index (χ4n) is 4.37. The van der Waals surface area contributed by atoms with Crippen molar-refractivity contribution in [1.29, 1.82) is 0 Å². The van der Waals surface area contributed by atoms with Gasteiger partial charge in [-0.25, -0.2) is 9.69 Å². The molecule has 1 fully saturated rings. The van der Waals surface area contributed by atoms with Gasteiger partial charge in [0, 0.05) is 0 Å². The summed E-state index contributed by atoms with van der Waals surface area (Å²) < 4.78 is 11.5. The van der Waals surface area contributed by atoms with Gasteiger partial charge in [-0.1, -0.05) is 58.6 Å². The summed E-state index contributed by atoms with van der Waals surface area (Å²) in [5.41, 5.74) is 5.59. The van der Waals surface area contributed by atoms with E-state index < -0.39 is 17.8 Å². The van der Waals surface area contributed by atoms with E-state index in [2.05, 4.69) is 11.4 Å². The Morgan fingerprint density at radius 2 is 1.62 bits per heavy atom. The summed E-state index contributed by atoms with van der Waals surface area (Å²) in [4.78, 5) is 39.4. The van der Waals surface area contributed by atoms with Crippen LogP contribution in [0.25, 0.3) is 6.08 Å². The molecule has 1 aliphatic rings. The molecule has 0 unspecified atom stereocenters. The number of ether oxygens (including phenoxy) is 2. The number of imide groups is 2. The molecule has 1 N–H and O–H groups in total. The minimum absolute atomic E-state index is 0.207. The largest absolute Gasteiger partial charge is 0.493 e. The number of carbonyl (C=O) groups is 3. The highest BCUT2D eigenvalue weighted by atomic mass is 35.5. The normalized spacial score (nSPS) is 14.7. The Kier molecular flexibility index (Phi) is 7.36. The van der Waals surface area contributed by atoms with E-state index >= 15 is 0 Å². The average Bonchev–Trinajstić information content (AvgIpc) is 2.81. The predicted octanol–water partition coefficient (Wildman–Crippen LogP) is 5.83. The Hall–Kier alpha value is -4.10. The topological polar surface area (TPSA) is 84.9 Å². The molecule has 3 aromatic rings. The van der Waals surface area contributed by atoms with E-state index in [1.54, 1.807) is 31.2 Å². The Morgan fingerprint density at radius 1 is 0.919 bits per heavy atom. The molecule has 1 heterocycles. The molecule has 1 saturated heterocycles. The Labute approximate surface area is 220 Å². The van der Waals surface area contributed by atoms with Crippen molar-refractivity contribution >= 4 is 41.2 Å². The van der Waals surface area contributed by atoms with Gasteiger partial charge in [-0.05, 0) is 68.7 Å². The minimum atomic E-state index is -0.801. The number of methoxy groups -OCH3 is 1. The number of nitrogens with one attached hydrogen (secondary N) is 1. The summed E-state index contributed by atoms with van der Waals surface area (Å²) in [7, 11) is 1.48. The van der Waals surface area contributed by atoms with Gasteiger partial charge in [-0.3, -0.25) is 14.9 Å². The Balaban J connectivity index is 1.65. The predicted molar refractivity (Wildman–Crippen MR) is 143 cm³/mol. The first-order valence-corrected chi connectivity index (χ1v) is 12.0. The third-order valence-electron chi connectivity index (χ3n) is 5.92. The van der Waals surface area contributed by atoms with Crippen molar-refractivity contribution in [3.05, 3.63) is 92.5 Å². The van der Waals surface area contributed by atoms with Crippen LogP contribution in [0.2, 0.25) is 5.02 Å². The van der Waals surface area contributed by atoms with Crippen molar-refractivity contribution in [2.24, 2.45) is 0 Å². The molecule has 0 aromatic heterocycles. The van der Waals surface area contributed by atoms with Gasteiger partial charge in [0.15, 0.2) is 11.5 Å². The highest BCUT2D eigenvalue weighted by Crippen LogP contribution is 2.38. The van der Waals surface area contributed by atoms with E-state index in [0.717, 1.165) is 32.7 Å². The first-order valence-electron chi connectivity index (χ1n) is 11.6. The summed E-state index contributed by atoms with van der Waals surface area (Å²) in [6.07, 6.45) is 1.38. The molecule has 4 amide bonds. The molecule has 7 nitrogen and oxygen atoms in total. The van der Waals surface area contributed by atoms with Crippen LogP contribution in [-0.4, -0.2) is 25.0 Å². The number of halogens is 1. The molecule has 0 saturated carbocycles. The van der Waals surface area contributed by atoms with Gasteiger partial charge in [-0.2, -0.15) is 0 Å². The summed E-state index contributed by atoms with van der Waals surface area (Å²) in [5.74, 6) is -0.834. The lowest BCUT2D eigenvalue weighted by Crippen LogP contribution is -2.54. The third-order valence-corrected chi connectivity index (χ3v) is 6.20. The van der Waals surface area contributed by atoms with Crippen LogP contribution in [0.4, 0.5) is 10.5 Å². The molecule has 0 spiro atoms. The molecule has 1 aliphatic heterocycles. The molecule has 190 valence electrons. The van der Waals surface area contributed by atoms with Crippen molar-refractivity contribution in [1.82, 2.24) is 5.32 Å². The molecule has 4 rings (SSSR count). The summed E-state index contributed by atoms with van der Waals surface area (Å²) in [6.45, 7) is 8.03. The van der Waals surface area contributed by atoms with Crippen molar-refractivity contribution in [2.75, 3.05) is 12.0 Å². The summed E-state index contributed by atoms with van der Waals surface area (Å²) in [6, 6.07) is 13.9. The number of carbonyl (C=O) groups excluding carboxylic acids is 3. The Bertz CT molecular complexity index is 1440. The van der Waals surface area contributed by atoms with Crippen LogP contribution >= 0.6 is 11.6 Å². The smallest absolute Gasteiger partial charge is 0.335 e. The number of barbiturate groups is 1. The first-order chi connectivity index (χ1) is 17.6. The number of amides is 4. The van der Waals surface area contributed by atoms with Gasteiger partial charge in [0.25, 0.3) is 11.8 Å². The second kappa shape index (κ2) is 10.5. The number of anilines is 1. The van der Waals surface area contributed by atoms with E-state index in [1.807, 2.05) is 39.0 Å². The number of nitrogens with zero attached hydrogens (tertiary/aromatic N) is 1. The second-order valence-corrected chi connectivity index (χ2v) is 9.47. The van der Waals surface area contributed by atoms with Crippen LogP contribution in [0.15, 0.2) is 54.1 Å². The Morgan fingerprint density at radius 3 is 2.27 bits per heavy atom. The van der Waals surface area contributed by atoms with E-state index in [1.165, 1.54) is 13.2 Å². The van der Waals surface area contributed by atoms with Gasteiger partial charge in [0.05, 0.1) is 17.8 Å². The quantitative estimate of drug-likeness (QED) is 0.328. The number of aryl methyl sites for hydroxylation is 4. The lowest BCUT2D eigenvalue weighted by molar-refractivity contribution is -0.122. The SMILES string of the molecule is COc1cc(/C=C2\C(=O)NC(=O)N(c3ccc(C)cc3C)C2=O)cc(Cl)c1OCc1cc(C)cc(C)c1.